The molecule has 0 spiro atoms. The summed E-state index contributed by atoms with van der Waals surface area (Å²) in [4.78, 5) is 12.6. The average molecular weight is 428 g/mol. The predicted molar refractivity (Wildman–Crippen MR) is 126 cm³/mol. The van der Waals surface area contributed by atoms with Gasteiger partial charge in [-0.1, -0.05) is 18.2 Å². The number of hydrogen-bond donors (Lipinski definition) is 1. The standard InChI is InChI=1S/C26H25N3O3/c1-18-23-14-15-29(26(23)24-16-22(30-2)12-13-25(24)28-18)19-8-10-20(11-9-19)31-17-27-32-21-6-4-3-5-7-21/h3-13,16,27H,14-15,17H2,1-2H3. The maximum atomic E-state index is 5.75. The first kappa shape index (κ1) is 20.2. The van der Waals surface area contributed by atoms with Gasteiger partial charge in [0, 0.05) is 23.3 Å². The second-order valence-corrected chi connectivity index (χ2v) is 7.65. The van der Waals surface area contributed by atoms with E-state index in [1.807, 2.05) is 54.6 Å². The lowest BCUT2D eigenvalue weighted by atomic mass is 10.1. The summed E-state index contributed by atoms with van der Waals surface area (Å²) >= 11 is 0. The third-order valence-corrected chi connectivity index (χ3v) is 5.70. The summed E-state index contributed by atoms with van der Waals surface area (Å²) in [6, 6.07) is 23.8. The van der Waals surface area contributed by atoms with Crippen LogP contribution in [0.3, 0.4) is 0 Å². The third-order valence-electron chi connectivity index (χ3n) is 5.70. The van der Waals surface area contributed by atoms with Gasteiger partial charge in [0.15, 0.2) is 6.73 Å². The summed E-state index contributed by atoms with van der Waals surface area (Å²) in [5, 5.41) is 1.12. The first-order valence-electron chi connectivity index (χ1n) is 10.7. The van der Waals surface area contributed by atoms with E-state index in [1.165, 1.54) is 11.3 Å². The first-order chi connectivity index (χ1) is 15.7. The third kappa shape index (κ3) is 3.92. The van der Waals surface area contributed by atoms with Gasteiger partial charge in [0.05, 0.1) is 18.3 Å². The Morgan fingerprint density at radius 3 is 2.50 bits per heavy atom. The van der Waals surface area contributed by atoms with Crippen LogP contribution in [0.15, 0.2) is 72.8 Å². The van der Waals surface area contributed by atoms with E-state index in [-0.39, 0.29) is 6.73 Å². The van der Waals surface area contributed by atoms with Crippen LogP contribution in [0.2, 0.25) is 0 Å². The number of fused-ring (bicyclic) bond motifs is 3. The Kier molecular flexibility index (Phi) is 5.52. The smallest absolute Gasteiger partial charge is 0.170 e. The summed E-state index contributed by atoms with van der Waals surface area (Å²) in [7, 11) is 1.69. The molecule has 3 aromatic carbocycles. The number of nitrogens with zero attached hydrogens (tertiary/aromatic N) is 2. The van der Waals surface area contributed by atoms with Crippen molar-refractivity contribution < 1.29 is 14.3 Å². The lowest BCUT2D eigenvalue weighted by molar-refractivity contribution is 0.115. The highest BCUT2D eigenvalue weighted by molar-refractivity contribution is 5.98. The minimum Gasteiger partial charge on any atom is -0.497 e. The molecule has 2 heterocycles. The number of pyridine rings is 1. The lowest BCUT2D eigenvalue weighted by Crippen LogP contribution is -2.23. The predicted octanol–water partition coefficient (Wildman–Crippen LogP) is 5.17. The number of nitrogens with one attached hydrogen (secondary N) is 1. The van der Waals surface area contributed by atoms with Crippen molar-refractivity contribution in [1.82, 2.24) is 10.5 Å². The number of ether oxygens (including phenoxy) is 2. The van der Waals surface area contributed by atoms with Gasteiger partial charge >= 0.3 is 0 Å². The highest BCUT2D eigenvalue weighted by Gasteiger charge is 2.26. The summed E-state index contributed by atoms with van der Waals surface area (Å²) in [6.07, 6.45) is 0.973. The molecule has 32 heavy (non-hydrogen) atoms. The summed E-state index contributed by atoms with van der Waals surface area (Å²) in [5.41, 5.74) is 8.53. The van der Waals surface area contributed by atoms with Gasteiger partial charge in [-0.05, 0) is 73.5 Å². The number of aryl methyl sites for hydroxylation is 1. The Morgan fingerprint density at radius 2 is 1.72 bits per heavy atom. The molecule has 0 saturated heterocycles. The zero-order chi connectivity index (χ0) is 21.9. The largest absolute Gasteiger partial charge is 0.497 e. The number of methoxy groups -OCH3 is 1. The molecule has 5 rings (SSSR count). The zero-order valence-corrected chi connectivity index (χ0v) is 18.2. The zero-order valence-electron chi connectivity index (χ0n) is 18.2. The van der Waals surface area contributed by atoms with E-state index in [4.69, 9.17) is 19.3 Å². The molecular formula is C26H25N3O3. The van der Waals surface area contributed by atoms with Crippen LogP contribution in [0.4, 0.5) is 11.4 Å². The van der Waals surface area contributed by atoms with Crippen molar-refractivity contribution in [2.24, 2.45) is 0 Å². The minimum atomic E-state index is 0.246. The Bertz CT molecular complexity index is 1230. The first-order valence-corrected chi connectivity index (χ1v) is 10.7. The second kappa shape index (κ2) is 8.77. The molecule has 162 valence electrons. The van der Waals surface area contributed by atoms with Gasteiger partial charge in [0.25, 0.3) is 0 Å². The molecular weight excluding hydrogens is 402 g/mol. The SMILES string of the molecule is COc1ccc2nc(C)c3c(c2c1)N(c1ccc(OCNOc2ccccc2)cc1)CC3. The van der Waals surface area contributed by atoms with E-state index in [2.05, 4.69) is 35.5 Å². The van der Waals surface area contributed by atoms with Crippen LogP contribution in [0, 0.1) is 6.92 Å². The van der Waals surface area contributed by atoms with Crippen molar-refractivity contribution >= 4 is 22.3 Å². The molecule has 4 aromatic rings. The number of hydrogen-bond acceptors (Lipinski definition) is 6. The Labute approximate surface area is 187 Å². The number of para-hydroxylation sites is 1. The Balaban J connectivity index is 1.32. The normalized spacial score (nSPS) is 12.6. The molecule has 0 radical (unpaired) electrons. The number of rotatable bonds is 7. The number of anilines is 2. The molecule has 0 atom stereocenters. The van der Waals surface area contributed by atoms with Gasteiger partial charge in [-0.3, -0.25) is 4.98 Å². The maximum absolute atomic E-state index is 5.75. The lowest BCUT2D eigenvalue weighted by Gasteiger charge is -2.22. The van der Waals surface area contributed by atoms with E-state index < -0.39 is 0 Å². The maximum Gasteiger partial charge on any atom is 0.170 e. The van der Waals surface area contributed by atoms with Crippen molar-refractivity contribution in [3.05, 3.63) is 84.1 Å². The molecule has 1 N–H and O–H groups in total. The Hall–Kier alpha value is -3.77. The average Bonchev–Trinajstić information content (AvgIpc) is 3.29. The molecule has 1 aliphatic heterocycles. The monoisotopic (exact) mass is 427 g/mol. The molecule has 1 aliphatic rings. The summed E-state index contributed by atoms with van der Waals surface area (Å²) in [6.45, 7) is 3.25. The van der Waals surface area contributed by atoms with Gasteiger partial charge in [-0.15, -0.1) is 5.48 Å². The number of aromatic nitrogens is 1. The summed E-state index contributed by atoms with van der Waals surface area (Å²) in [5.74, 6) is 2.36. The van der Waals surface area contributed by atoms with Gasteiger partial charge in [0.1, 0.15) is 17.2 Å². The van der Waals surface area contributed by atoms with Gasteiger partial charge in [-0.25, -0.2) is 0 Å². The van der Waals surface area contributed by atoms with Crippen molar-refractivity contribution in [2.75, 3.05) is 25.3 Å². The Morgan fingerprint density at radius 1 is 0.938 bits per heavy atom. The molecule has 0 saturated carbocycles. The van der Waals surface area contributed by atoms with Crippen LogP contribution in [0.1, 0.15) is 11.3 Å². The van der Waals surface area contributed by atoms with Gasteiger partial charge in [0.2, 0.25) is 0 Å². The summed E-state index contributed by atoms with van der Waals surface area (Å²) < 4.78 is 11.2. The number of benzene rings is 3. The molecule has 0 fully saturated rings. The van der Waals surface area contributed by atoms with E-state index >= 15 is 0 Å². The molecule has 0 bridgehead atoms. The van der Waals surface area contributed by atoms with Gasteiger partial charge in [-0.2, -0.15) is 0 Å². The van der Waals surface area contributed by atoms with Crippen molar-refractivity contribution in [2.45, 2.75) is 13.3 Å². The highest BCUT2D eigenvalue weighted by atomic mass is 16.7. The fourth-order valence-corrected chi connectivity index (χ4v) is 4.15. The quantitative estimate of drug-likeness (QED) is 0.250. The topological polar surface area (TPSA) is 55.9 Å². The van der Waals surface area contributed by atoms with Crippen LogP contribution in [-0.4, -0.2) is 25.4 Å². The van der Waals surface area contributed by atoms with Crippen molar-refractivity contribution in [3.8, 4) is 17.2 Å². The highest BCUT2D eigenvalue weighted by Crippen LogP contribution is 2.42. The van der Waals surface area contributed by atoms with E-state index in [0.717, 1.165) is 52.5 Å². The molecule has 6 nitrogen and oxygen atoms in total. The molecule has 1 aromatic heterocycles. The molecule has 6 heteroatoms. The minimum absolute atomic E-state index is 0.246. The van der Waals surface area contributed by atoms with Crippen LogP contribution in [0.5, 0.6) is 17.2 Å². The van der Waals surface area contributed by atoms with Crippen LogP contribution in [0.25, 0.3) is 10.9 Å². The number of hydroxylamine groups is 1. The van der Waals surface area contributed by atoms with E-state index in [0.29, 0.717) is 0 Å². The van der Waals surface area contributed by atoms with E-state index in [9.17, 15) is 0 Å². The fourth-order valence-electron chi connectivity index (χ4n) is 4.15. The van der Waals surface area contributed by atoms with Crippen molar-refractivity contribution in [1.29, 1.82) is 0 Å². The van der Waals surface area contributed by atoms with Crippen molar-refractivity contribution in [3.63, 3.8) is 0 Å². The second-order valence-electron chi connectivity index (χ2n) is 7.65. The van der Waals surface area contributed by atoms with Crippen LogP contribution < -0.4 is 24.7 Å². The fraction of sp³-hybridized carbons (Fsp3) is 0.192. The van der Waals surface area contributed by atoms with Crippen LogP contribution in [-0.2, 0) is 6.42 Å². The van der Waals surface area contributed by atoms with Crippen LogP contribution >= 0.6 is 0 Å². The van der Waals surface area contributed by atoms with E-state index in [1.54, 1.807) is 7.11 Å². The molecule has 0 amide bonds. The van der Waals surface area contributed by atoms with Gasteiger partial charge < -0.3 is 19.2 Å². The molecule has 0 aliphatic carbocycles. The molecule has 0 unspecified atom stereocenters.